The monoisotopic (exact) mass is 351 g/mol. The van der Waals surface area contributed by atoms with Crippen molar-refractivity contribution in [2.45, 2.75) is 32.0 Å². The highest BCUT2D eigenvalue weighted by Gasteiger charge is 2.29. The summed E-state index contributed by atoms with van der Waals surface area (Å²) < 4.78 is 1.25. The molecule has 0 saturated heterocycles. The fourth-order valence-electron chi connectivity index (χ4n) is 3.06. The van der Waals surface area contributed by atoms with Crippen molar-refractivity contribution in [1.29, 1.82) is 0 Å². The standard InChI is InChI=1S/C20H21N3OS/c1-21-20(24)15-8-6-14(7-9-15)12-23(16-10-11-16)13-19-22-17-4-2-3-5-18(17)25-19/h2-9,16H,10-13H2,1H3,(H,21,24). The van der Waals surface area contributed by atoms with Crippen molar-refractivity contribution in [1.82, 2.24) is 15.2 Å². The lowest BCUT2D eigenvalue weighted by molar-refractivity contribution is 0.0963. The normalized spacial score (nSPS) is 14.2. The molecule has 25 heavy (non-hydrogen) atoms. The van der Waals surface area contributed by atoms with Crippen molar-refractivity contribution in [3.63, 3.8) is 0 Å². The number of para-hydroxylation sites is 1. The van der Waals surface area contributed by atoms with Crippen LogP contribution in [0.2, 0.25) is 0 Å². The minimum absolute atomic E-state index is 0.0416. The third-order valence-electron chi connectivity index (χ3n) is 4.57. The molecule has 0 aliphatic heterocycles. The summed E-state index contributed by atoms with van der Waals surface area (Å²) in [6.45, 7) is 1.79. The number of thiazole rings is 1. The second kappa shape index (κ2) is 6.94. The van der Waals surface area contributed by atoms with Gasteiger partial charge in [0, 0.05) is 25.2 Å². The first kappa shape index (κ1) is 16.2. The van der Waals surface area contributed by atoms with E-state index in [0.717, 1.165) is 18.6 Å². The van der Waals surface area contributed by atoms with E-state index in [1.165, 1.54) is 28.1 Å². The Morgan fingerprint density at radius 1 is 1.16 bits per heavy atom. The molecule has 2 aromatic carbocycles. The molecule has 1 aliphatic rings. The average molecular weight is 351 g/mol. The van der Waals surface area contributed by atoms with Crippen molar-refractivity contribution >= 4 is 27.5 Å². The lowest BCUT2D eigenvalue weighted by atomic mass is 10.1. The number of benzene rings is 2. The van der Waals surface area contributed by atoms with E-state index >= 15 is 0 Å². The van der Waals surface area contributed by atoms with Gasteiger partial charge in [0.2, 0.25) is 0 Å². The molecule has 4 nitrogen and oxygen atoms in total. The molecule has 1 saturated carbocycles. The SMILES string of the molecule is CNC(=O)c1ccc(CN(Cc2nc3ccccc3s2)C2CC2)cc1. The van der Waals surface area contributed by atoms with Gasteiger partial charge in [-0.1, -0.05) is 24.3 Å². The van der Waals surface area contributed by atoms with Gasteiger partial charge < -0.3 is 5.32 Å². The predicted octanol–water partition coefficient (Wildman–Crippen LogP) is 3.82. The molecule has 1 heterocycles. The Bertz CT molecular complexity index is 850. The van der Waals surface area contributed by atoms with Crippen LogP contribution in [0.5, 0.6) is 0 Å². The van der Waals surface area contributed by atoms with Crippen LogP contribution in [0.25, 0.3) is 10.2 Å². The van der Waals surface area contributed by atoms with Gasteiger partial charge in [0.05, 0.1) is 16.8 Å². The zero-order valence-corrected chi connectivity index (χ0v) is 15.1. The second-order valence-electron chi connectivity index (χ2n) is 6.49. The number of nitrogens with one attached hydrogen (secondary N) is 1. The third-order valence-corrected chi connectivity index (χ3v) is 5.59. The van der Waals surface area contributed by atoms with E-state index in [4.69, 9.17) is 4.98 Å². The Labute approximate surface area is 151 Å². The highest BCUT2D eigenvalue weighted by atomic mass is 32.1. The maximum Gasteiger partial charge on any atom is 0.251 e. The summed E-state index contributed by atoms with van der Waals surface area (Å²) >= 11 is 1.78. The van der Waals surface area contributed by atoms with Gasteiger partial charge >= 0.3 is 0 Å². The minimum atomic E-state index is -0.0416. The molecule has 5 heteroatoms. The van der Waals surface area contributed by atoms with E-state index in [1.54, 1.807) is 18.4 Å². The first-order valence-corrected chi connectivity index (χ1v) is 9.44. The van der Waals surface area contributed by atoms with Gasteiger partial charge in [-0.15, -0.1) is 11.3 Å². The zero-order valence-electron chi connectivity index (χ0n) is 14.2. The van der Waals surface area contributed by atoms with E-state index in [1.807, 2.05) is 18.2 Å². The smallest absolute Gasteiger partial charge is 0.251 e. The molecule has 0 atom stereocenters. The molecule has 1 fully saturated rings. The van der Waals surface area contributed by atoms with Crippen molar-refractivity contribution in [2.24, 2.45) is 0 Å². The van der Waals surface area contributed by atoms with Crippen molar-refractivity contribution < 1.29 is 4.79 Å². The van der Waals surface area contributed by atoms with Crippen molar-refractivity contribution in [3.8, 4) is 0 Å². The van der Waals surface area contributed by atoms with Crippen LogP contribution in [-0.4, -0.2) is 28.9 Å². The van der Waals surface area contributed by atoms with E-state index < -0.39 is 0 Å². The van der Waals surface area contributed by atoms with Gasteiger partial charge in [-0.3, -0.25) is 9.69 Å². The van der Waals surface area contributed by atoms with Gasteiger partial charge in [-0.05, 0) is 42.7 Å². The summed E-state index contributed by atoms with van der Waals surface area (Å²) in [7, 11) is 1.66. The Morgan fingerprint density at radius 2 is 1.92 bits per heavy atom. The van der Waals surface area contributed by atoms with Crippen LogP contribution in [0.4, 0.5) is 0 Å². The molecule has 1 aromatic heterocycles. The maximum atomic E-state index is 11.7. The van der Waals surface area contributed by atoms with Crippen LogP contribution in [0.1, 0.15) is 33.8 Å². The largest absolute Gasteiger partial charge is 0.355 e. The zero-order chi connectivity index (χ0) is 17.2. The molecule has 4 rings (SSSR count). The molecule has 1 amide bonds. The van der Waals surface area contributed by atoms with E-state index in [9.17, 15) is 4.79 Å². The molecule has 0 spiro atoms. The molecular formula is C20H21N3OS. The van der Waals surface area contributed by atoms with Gasteiger partial charge in [0.15, 0.2) is 0 Å². The summed E-state index contributed by atoms with van der Waals surface area (Å²) in [5.41, 5.74) is 3.03. The number of carbonyl (C=O) groups is 1. The van der Waals surface area contributed by atoms with Gasteiger partial charge in [-0.2, -0.15) is 0 Å². The summed E-state index contributed by atoms with van der Waals surface area (Å²) in [5, 5.41) is 3.83. The summed E-state index contributed by atoms with van der Waals surface area (Å²) in [6.07, 6.45) is 2.53. The fourth-order valence-corrected chi connectivity index (χ4v) is 4.05. The van der Waals surface area contributed by atoms with Gasteiger partial charge in [0.25, 0.3) is 5.91 Å². The number of amides is 1. The topological polar surface area (TPSA) is 45.2 Å². The molecule has 0 unspecified atom stereocenters. The molecule has 0 bridgehead atoms. The van der Waals surface area contributed by atoms with Crippen LogP contribution in [-0.2, 0) is 13.1 Å². The van der Waals surface area contributed by atoms with Crippen molar-refractivity contribution in [3.05, 3.63) is 64.7 Å². The maximum absolute atomic E-state index is 11.7. The highest BCUT2D eigenvalue weighted by molar-refractivity contribution is 7.18. The molecule has 128 valence electrons. The Kier molecular flexibility index (Phi) is 4.51. The van der Waals surface area contributed by atoms with Crippen LogP contribution in [0, 0.1) is 0 Å². The quantitative estimate of drug-likeness (QED) is 0.734. The predicted molar refractivity (Wildman–Crippen MR) is 102 cm³/mol. The number of hydrogen-bond donors (Lipinski definition) is 1. The molecule has 1 aliphatic carbocycles. The second-order valence-corrected chi connectivity index (χ2v) is 7.60. The van der Waals surface area contributed by atoms with Gasteiger partial charge in [-0.25, -0.2) is 4.98 Å². The third kappa shape index (κ3) is 3.72. The molecular weight excluding hydrogens is 330 g/mol. The average Bonchev–Trinajstić information content (AvgIpc) is 3.41. The summed E-state index contributed by atoms with van der Waals surface area (Å²) in [5.74, 6) is -0.0416. The Morgan fingerprint density at radius 3 is 2.60 bits per heavy atom. The number of aromatic nitrogens is 1. The summed E-state index contributed by atoms with van der Waals surface area (Å²) in [4.78, 5) is 18.9. The van der Waals surface area contributed by atoms with Crippen LogP contribution >= 0.6 is 11.3 Å². The molecule has 3 aromatic rings. The first-order valence-electron chi connectivity index (χ1n) is 8.62. The number of nitrogens with zero attached hydrogens (tertiary/aromatic N) is 2. The lowest BCUT2D eigenvalue weighted by Gasteiger charge is -2.21. The fraction of sp³-hybridized carbons (Fsp3) is 0.300. The number of fused-ring (bicyclic) bond motifs is 1. The van der Waals surface area contributed by atoms with Crippen molar-refractivity contribution in [2.75, 3.05) is 7.05 Å². The highest BCUT2D eigenvalue weighted by Crippen LogP contribution is 2.31. The minimum Gasteiger partial charge on any atom is -0.355 e. The number of carbonyl (C=O) groups excluding carboxylic acids is 1. The van der Waals surface area contributed by atoms with E-state index in [2.05, 4.69) is 40.5 Å². The Hall–Kier alpha value is -2.24. The van der Waals surface area contributed by atoms with Gasteiger partial charge in [0.1, 0.15) is 5.01 Å². The van der Waals surface area contributed by atoms with E-state index in [0.29, 0.717) is 11.6 Å². The van der Waals surface area contributed by atoms with Crippen LogP contribution < -0.4 is 5.32 Å². The van der Waals surface area contributed by atoms with Crippen LogP contribution in [0.3, 0.4) is 0 Å². The number of rotatable bonds is 6. The summed E-state index contributed by atoms with van der Waals surface area (Å²) in [6, 6.07) is 16.9. The number of hydrogen-bond acceptors (Lipinski definition) is 4. The Balaban J connectivity index is 1.49. The molecule has 1 N–H and O–H groups in total. The lowest BCUT2D eigenvalue weighted by Crippen LogP contribution is -2.25. The molecule has 0 radical (unpaired) electrons. The van der Waals surface area contributed by atoms with E-state index in [-0.39, 0.29) is 5.91 Å². The van der Waals surface area contributed by atoms with Crippen LogP contribution in [0.15, 0.2) is 48.5 Å². The first-order chi connectivity index (χ1) is 12.2.